The maximum atomic E-state index is 10.5. The lowest BCUT2D eigenvalue weighted by molar-refractivity contribution is -0.246. The van der Waals surface area contributed by atoms with Crippen molar-refractivity contribution in [1.82, 2.24) is 0 Å². The van der Waals surface area contributed by atoms with Gasteiger partial charge in [-0.15, -0.1) is 0 Å². The van der Waals surface area contributed by atoms with Crippen LogP contribution in [0.1, 0.15) is 91.4 Å². The van der Waals surface area contributed by atoms with Crippen LogP contribution < -0.4 is 0 Å². The largest absolute Gasteiger partial charge is 0.393 e. The van der Waals surface area contributed by atoms with Crippen LogP contribution in [0.4, 0.5) is 0 Å². The number of unbranched alkanes of at least 4 members (excludes halogenated alkanes) is 4. The minimum Gasteiger partial charge on any atom is -0.393 e. The van der Waals surface area contributed by atoms with E-state index in [9.17, 15) is 5.11 Å². The van der Waals surface area contributed by atoms with E-state index in [1.54, 1.807) is 0 Å². The highest BCUT2D eigenvalue weighted by molar-refractivity contribution is 4.77. The van der Waals surface area contributed by atoms with Gasteiger partial charge in [-0.05, 0) is 45.4 Å². The van der Waals surface area contributed by atoms with Crippen molar-refractivity contribution in [3.63, 3.8) is 0 Å². The summed E-state index contributed by atoms with van der Waals surface area (Å²) in [6.07, 6.45) is 11.4. The molecule has 2 rings (SSSR count). The average molecular weight is 373 g/mol. The van der Waals surface area contributed by atoms with Crippen molar-refractivity contribution < 1.29 is 24.1 Å². The summed E-state index contributed by atoms with van der Waals surface area (Å²) in [5, 5.41) is 10.5. The van der Waals surface area contributed by atoms with E-state index >= 15 is 0 Å². The van der Waals surface area contributed by atoms with Crippen LogP contribution in [-0.4, -0.2) is 48.7 Å². The van der Waals surface area contributed by atoms with Crippen LogP contribution in [0, 0.1) is 0 Å². The van der Waals surface area contributed by atoms with E-state index < -0.39 is 6.10 Å². The molecule has 0 aromatic carbocycles. The number of ether oxygens (including phenoxy) is 4. The van der Waals surface area contributed by atoms with Crippen LogP contribution in [0.2, 0.25) is 0 Å². The highest BCUT2D eigenvalue weighted by atomic mass is 16.7. The van der Waals surface area contributed by atoms with Gasteiger partial charge in [0.25, 0.3) is 0 Å². The summed E-state index contributed by atoms with van der Waals surface area (Å²) in [5.74, 6) is 0. The molecule has 0 aliphatic carbocycles. The predicted octanol–water partition coefficient (Wildman–Crippen LogP) is 4.55. The Morgan fingerprint density at radius 2 is 1.62 bits per heavy atom. The molecule has 2 aliphatic rings. The second kappa shape index (κ2) is 12.3. The van der Waals surface area contributed by atoms with Gasteiger partial charge in [-0.25, -0.2) is 0 Å². The maximum Gasteiger partial charge on any atom is 0.158 e. The number of hydrogen-bond acceptors (Lipinski definition) is 5. The first-order valence-electron chi connectivity index (χ1n) is 10.8. The first-order chi connectivity index (χ1) is 12.6. The molecule has 0 saturated carbocycles. The second-order valence-electron chi connectivity index (χ2n) is 8.04. The van der Waals surface area contributed by atoms with Crippen LogP contribution >= 0.6 is 0 Å². The molecular weight excluding hydrogens is 332 g/mol. The van der Waals surface area contributed by atoms with E-state index in [-0.39, 0.29) is 30.7 Å². The molecule has 2 fully saturated rings. The average Bonchev–Trinajstić information content (AvgIpc) is 2.61. The molecule has 0 radical (unpaired) electrons. The molecule has 6 unspecified atom stereocenters. The smallest absolute Gasteiger partial charge is 0.158 e. The van der Waals surface area contributed by atoms with Crippen LogP contribution in [0.15, 0.2) is 0 Å². The first-order valence-corrected chi connectivity index (χ1v) is 10.8. The quantitative estimate of drug-likeness (QED) is 0.539. The third kappa shape index (κ3) is 8.22. The molecule has 0 spiro atoms. The first kappa shape index (κ1) is 22.1. The van der Waals surface area contributed by atoms with Gasteiger partial charge in [0.05, 0.1) is 30.5 Å². The third-order valence-electron chi connectivity index (χ3n) is 5.53. The van der Waals surface area contributed by atoms with Crippen LogP contribution in [0.25, 0.3) is 0 Å². The number of aliphatic hydroxyl groups excluding tert-OH is 1. The Morgan fingerprint density at radius 1 is 0.885 bits per heavy atom. The summed E-state index contributed by atoms with van der Waals surface area (Å²) in [5.41, 5.74) is 0. The molecule has 0 bridgehead atoms. The molecule has 1 N–H and O–H groups in total. The standard InChI is InChI=1S/C21H40O5/c1-4-6-7-8-9-10-21-25-16(3)11-20(26-21)13-17(22)12-19-14-18(5-2)23-15-24-19/h16-22H,4-15H2,1-3H3. The van der Waals surface area contributed by atoms with Gasteiger partial charge in [-0.3, -0.25) is 0 Å². The lowest BCUT2D eigenvalue weighted by atomic mass is 9.97. The number of rotatable bonds is 11. The Morgan fingerprint density at radius 3 is 2.38 bits per heavy atom. The summed E-state index contributed by atoms with van der Waals surface area (Å²) in [6, 6.07) is 0. The lowest BCUT2D eigenvalue weighted by Crippen LogP contribution is -2.39. The van der Waals surface area contributed by atoms with E-state index in [1.807, 2.05) is 0 Å². The van der Waals surface area contributed by atoms with Crippen molar-refractivity contribution in [2.75, 3.05) is 6.79 Å². The Bertz CT molecular complexity index is 364. The zero-order valence-corrected chi connectivity index (χ0v) is 17.0. The summed E-state index contributed by atoms with van der Waals surface area (Å²) in [4.78, 5) is 0. The molecule has 2 aliphatic heterocycles. The van der Waals surface area contributed by atoms with Gasteiger partial charge in [-0.1, -0.05) is 39.5 Å². The topological polar surface area (TPSA) is 57.2 Å². The summed E-state index contributed by atoms with van der Waals surface area (Å²) in [7, 11) is 0. The third-order valence-corrected chi connectivity index (χ3v) is 5.53. The Kier molecular flexibility index (Phi) is 10.4. The van der Waals surface area contributed by atoms with E-state index in [2.05, 4.69) is 20.8 Å². The van der Waals surface area contributed by atoms with Crippen molar-refractivity contribution in [3.8, 4) is 0 Å². The number of aliphatic hydroxyl groups is 1. The van der Waals surface area contributed by atoms with Crippen molar-refractivity contribution in [1.29, 1.82) is 0 Å². The van der Waals surface area contributed by atoms with Crippen LogP contribution in [0.3, 0.4) is 0 Å². The highest BCUT2D eigenvalue weighted by Gasteiger charge is 2.31. The van der Waals surface area contributed by atoms with Crippen LogP contribution in [0.5, 0.6) is 0 Å². The van der Waals surface area contributed by atoms with E-state index in [4.69, 9.17) is 18.9 Å². The molecule has 0 aromatic rings. The Labute approximate surface area is 159 Å². The van der Waals surface area contributed by atoms with Gasteiger partial charge in [0, 0.05) is 6.42 Å². The summed E-state index contributed by atoms with van der Waals surface area (Å²) in [6.45, 7) is 6.82. The molecule has 26 heavy (non-hydrogen) atoms. The SMILES string of the molecule is CCCCCCCC1OC(C)CC(CC(O)CC2CC(CC)OCO2)O1. The fourth-order valence-electron chi connectivity index (χ4n) is 4.00. The van der Waals surface area contributed by atoms with Gasteiger partial charge >= 0.3 is 0 Å². The van der Waals surface area contributed by atoms with Gasteiger partial charge in [0.15, 0.2) is 6.29 Å². The maximum absolute atomic E-state index is 10.5. The highest BCUT2D eigenvalue weighted by Crippen LogP contribution is 2.27. The lowest BCUT2D eigenvalue weighted by Gasteiger charge is -2.36. The summed E-state index contributed by atoms with van der Waals surface area (Å²) >= 11 is 0. The Hall–Kier alpha value is -0.200. The summed E-state index contributed by atoms with van der Waals surface area (Å²) < 4.78 is 23.2. The zero-order valence-electron chi connectivity index (χ0n) is 17.0. The van der Waals surface area contributed by atoms with Gasteiger partial charge in [0.2, 0.25) is 0 Å². The van der Waals surface area contributed by atoms with Crippen molar-refractivity contribution in [2.45, 2.75) is 128 Å². The molecule has 2 heterocycles. The molecule has 6 atom stereocenters. The van der Waals surface area contributed by atoms with Gasteiger partial charge < -0.3 is 24.1 Å². The fourth-order valence-corrected chi connectivity index (χ4v) is 4.00. The van der Waals surface area contributed by atoms with E-state index in [0.717, 1.165) is 32.1 Å². The van der Waals surface area contributed by atoms with Gasteiger partial charge in [-0.2, -0.15) is 0 Å². The minimum atomic E-state index is -0.392. The van der Waals surface area contributed by atoms with Crippen molar-refractivity contribution in [3.05, 3.63) is 0 Å². The molecular formula is C21H40O5. The Balaban J connectivity index is 1.68. The van der Waals surface area contributed by atoms with Crippen LogP contribution in [-0.2, 0) is 18.9 Å². The van der Waals surface area contributed by atoms with Crippen molar-refractivity contribution >= 4 is 0 Å². The minimum absolute atomic E-state index is 0.0798. The molecule has 0 aromatic heterocycles. The molecule has 2 saturated heterocycles. The molecule has 5 nitrogen and oxygen atoms in total. The van der Waals surface area contributed by atoms with Gasteiger partial charge in [0.1, 0.15) is 6.79 Å². The molecule has 5 heteroatoms. The molecule has 0 amide bonds. The molecule has 154 valence electrons. The monoisotopic (exact) mass is 372 g/mol. The van der Waals surface area contributed by atoms with E-state index in [1.165, 1.54) is 25.7 Å². The second-order valence-corrected chi connectivity index (χ2v) is 8.04. The normalized spacial score (nSPS) is 33.9. The number of hydrogen-bond donors (Lipinski definition) is 1. The zero-order chi connectivity index (χ0) is 18.8. The predicted molar refractivity (Wildman–Crippen MR) is 102 cm³/mol. The fraction of sp³-hybridized carbons (Fsp3) is 1.00. The van der Waals surface area contributed by atoms with Crippen molar-refractivity contribution in [2.24, 2.45) is 0 Å². The van der Waals surface area contributed by atoms with E-state index in [0.29, 0.717) is 19.6 Å².